The SMILES string of the molecule is CCCC(C)C([NH])CC. The van der Waals surface area contributed by atoms with Gasteiger partial charge in [0.2, 0.25) is 0 Å². The van der Waals surface area contributed by atoms with E-state index in [1.54, 1.807) is 0 Å². The van der Waals surface area contributed by atoms with Crippen molar-refractivity contribution in [2.45, 2.75) is 46.1 Å². The van der Waals surface area contributed by atoms with E-state index < -0.39 is 0 Å². The Morgan fingerprint density at radius 3 is 2.22 bits per heavy atom. The monoisotopic (exact) mass is 128 g/mol. The molecule has 0 aromatic heterocycles. The van der Waals surface area contributed by atoms with Crippen LogP contribution < -0.4 is 5.73 Å². The van der Waals surface area contributed by atoms with E-state index in [0.717, 1.165) is 6.42 Å². The second-order valence-electron chi connectivity index (χ2n) is 2.78. The van der Waals surface area contributed by atoms with Gasteiger partial charge in [0.05, 0.1) is 0 Å². The smallest absolute Gasteiger partial charge is 0.0236 e. The highest BCUT2D eigenvalue weighted by Crippen LogP contribution is 2.11. The van der Waals surface area contributed by atoms with Gasteiger partial charge in [0.25, 0.3) is 0 Å². The summed E-state index contributed by atoms with van der Waals surface area (Å²) < 4.78 is 0. The van der Waals surface area contributed by atoms with E-state index in [1.807, 2.05) is 0 Å². The topological polar surface area (TPSA) is 23.8 Å². The van der Waals surface area contributed by atoms with Gasteiger partial charge in [-0.2, -0.15) is 0 Å². The van der Waals surface area contributed by atoms with Crippen molar-refractivity contribution in [2.24, 2.45) is 5.92 Å². The molecule has 0 heterocycles. The number of hydrogen-bond acceptors (Lipinski definition) is 0. The summed E-state index contributed by atoms with van der Waals surface area (Å²) in [5, 5.41) is 0. The van der Waals surface area contributed by atoms with Gasteiger partial charge in [-0.25, -0.2) is 0 Å². The van der Waals surface area contributed by atoms with Crippen molar-refractivity contribution in [2.75, 3.05) is 0 Å². The van der Waals surface area contributed by atoms with E-state index in [9.17, 15) is 0 Å². The standard InChI is InChI=1S/C8H18N/c1-4-6-7(3)8(9)5-2/h7-9H,4-6H2,1-3H3. The minimum Gasteiger partial charge on any atom is -0.254 e. The Morgan fingerprint density at radius 2 is 1.89 bits per heavy atom. The van der Waals surface area contributed by atoms with Gasteiger partial charge in [0, 0.05) is 6.04 Å². The highest BCUT2D eigenvalue weighted by atomic mass is 14.6. The van der Waals surface area contributed by atoms with Crippen molar-refractivity contribution in [1.82, 2.24) is 5.73 Å². The maximum atomic E-state index is 7.53. The number of hydrogen-bond donors (Lipinski definition) is 0. The first-order chi connectivity index (χ1) is 4.22. The summed E-state index contributed by atoms with van der Waals surface area (Å²) in [7, 11) is 0. The van der Waals surface area contributed by atoms with Crippen molar-refractivity contribution < 1.29 is 0 Å². The average Bonchev–Trinajstić information content (AvgIpc) is 1.87. The molecule has 0 amide bonds. The van der Waals surface area contributed by atoms with Crippen LogP contribution in [0, 0.1) is 5.92 Å². The lowest BCUT2D eigenvalue weighted by atomic mass is 9.96. The Bertz CT molecular complexity index is 61.6. The molecule has 0 aromatic carbocycles. The molecule has 0 aliphatic heterocycles. The third-order valence-electron chi connectivity index (χ3n) is 1.87. The van der Waals surface area contributed by atoms with E-state index in [2.05, 4.69) is 20.8 Å². The van der Waals surface area contributed by atoms with Gasteiger partial charge < -0.3 is 0 Å². The zero-order chi connectivity index (χ0) is 7.28. The third-order valence-corrected chi connectivity index (χ3v) is 1.87. The summed E-state index contributed by atoms with van der Waals surface area (Å²) in [4.78, 5) is 0. The molecule has 2 unspecified atom stereocenters. The minimum atomic E-state index is 0.171. The van der Waals surface area contributed by atoms with Crippen molar-refractivity contribution in [3.63, 3.8) is 0 Å². The van der Waals surface area contributed by atoms with Crippen molar-refractivity contribution in [1.29, 1.82) is 0 Å². The molecule has 55 valence electrons. The molecular weight excluding hydrogens is 110 g/mol. The second-order valence-corrected chi connectivity index (χ2v) is 2.78. The summed E-state index contributed by atoms with van der Waals surface area (Å²) in [6.07, 6.45) is 3.43. The molecule has 0 fully saturated rings. The van der Waals surface area contributed by atoms with Gasteiger partial charge in [-0.15, -0.1) is 0 Å². The Balaban J connectivity index is 3.32. The lowest BCUT2D eigenvalue weighted by molar-refractivity contribution is 0.404. The van der Waals surface area contributed by atoms with Crippen LogP contribution >= 0.6 is 0 Å². The predicted molar refractivity (Wildman–Crippen MR) is 41.2 cm³/mol. The van der Waals surface area contributed by atoms with Gasteiger partial charge in [-0.1, -0.05) is 27.2 Å². The molecule has 0 spiro atoms. The molecule has 9 heavy (non-hydrogen) atoms. The van der Waals surface area contributed by atoms with Crippen LogP contribution in [0.4, 0.5) is 0 Å². The normalized spacial score (nSPS) is 17.3. The predicted octanol–water partition coefficient (Wildman–Crippen LogP) is 2.48. The first kappa shape index (κ1) is 8.96. The van der Waals surface area contributed by atoms with E-state index >= 15 is 0 Å². The molecule has 0 aliphatic carbocycles. The zero-order valence-electron chi connectivity index (χ0n) is 6.78. The van der Waals surface area contributed by atoms with Crippen LogP contribution in [0.15, 0.2) is 0 Å². The van der Waals surface area contributed by atoms with Gasteiger partial charge in [-0.05, 0) is 18.8 Å². The average molecular weight is 128 g/mol. The fourth-order valence-electron chi connectivity index (χ4n) is 1.06. The Hall–Kier alpha value is -0.0400. The lowest BCUT2D eigenvalue weighted by Gasteiger charge is -2.15. The molecule has 0 rings (SSSR count). The van der Waals surface area contributed by atoms with Crippen LogP contribution in [0.3, 0.4) is 0 Å². The van der Waals surface area contributed by atoms with Crippen LogP contribution in [0.5, 0.6) is 0 Å². The molecule has 0 bridgehead atoms. The molecular formula is C8H18N. The van der Waals surface area contributed by atoms with Crippen molar-refractivity contribution in [3.05, 3.63) is 0 Å². The quantitative estimate of drug-likeness (QED) is 0.555. The van der Waals surface area contributed by atoms with Crippen molar-refractivity contribution in [3.8, 4) is 0 Å². The van der Waals surface area contributed by atoms with Crippen molar-refractivity contribution >= 4 is 0 Å². The summed E-state index contributed by atoms with van der Waals surface area (Å²) in [5.41, 5.74) is 7.53. The summed E-state index contributed by atoms with van der Waals surface area (Å²) >= 11 is 0. The largest absolute Gasteiger partial charge is 0.254 e. The summed E-state index contributed by atoms with van der Waals surface area (Å²) in [6.45, 7) is 6.44. The Kier molecular flexibility index (Phi) is 4.78. The molecule has 0 saturated carbocycles. The van der Waals surface area contributed by atoms with Crippen LogP contribution in [-0.2, 0) is 0 Å². The maximum absolute atomic E-state index is 7.53. The first-order valence-corrected chi connectivity index (χ1v) is 3.93. The van der Waals surface area contributed by atoms with Crippen LogP contribution in [0.1, 0.15) is 40.0 Å². The van der Waals surface area contributed by atoms with Gasteiger partial charge >= 0.3 is 0 Å². The van der Waals surface area contributed by atoms with Gasteiger partial charge in [-0.3, -0.25) is 5.73 Å². The fraction of sp³-hybridized carbons (Fsp3) is 1.00. The lowest BCUT2D eigenvalue weighted by Crippen LogP contribution is -2.17. The first-order valence-electron chi connectivity index (χ1n) is 3.93. The van der Waals surface area contributed by atoms with Crippen LogP contribution in [0.25, 0.3) is 0 Å². The molecule has 1 N–H and O–H groups in total. The number of rotatable bonds is 4. The zero-order valence-corrected chi connectivity index (χ0v) is 6.78. The molecule has 1 heteroatoms. The highest BCUT2D eigenvalue weighted by molar-refractivity contribution is 4.65. The second kappa shape index (κ2) is 4.80. The Morgan fingerprint density at radius 1 is 1.33 bits per heavy atom. The summed E-state index contributed by atoms with van der Waals surface area (Å²) in [5.74, 6) is 0.597. The molecule has 2 atom stereocenters. The highest BCUT2D eigenvalue weighted by Gasteiger charge is 2.08. The molecule has 0 aliphatic rings. The third kappa shape index (κ3) is 3.52. The molecule has 1 radical (unpaired) electrons. The fourth-order valence-corrected chi connectivity index (χ4v) is 1.06. The van der Waals surface area contributed by atoms with E-state index in [-0.39, 0.29) is 6.04 Å². The van der Waals surface area contributed by atoms with Gasteiger partial charge in [0.15, 0.2) is 0 Å². The Labute approximate surface area is 58.6 Å². The van der Waals surface area contributed by atoms with Crippen LogP contribution in [-0.4, -0.2) is 6.04 Å². The molecule has 0 saturated heterocycles. The van der Waals surface area contributed by atoms with E-state index in [4.69, 9.17) is 5.73 Å². The van der Waals surface area contributed by atoms with Crippen LogP contribution in [0.2, 0.25) is 0 Å². The van der Waals surface area contributed by atoms with E-state index in [0.29, 0.717) is 5.92 Å². The van der Waals surface area contributed by atoms with Gasteiger partial charge in [0.1, 0.15) is 0 Å². The maximum Gasteiger partial charge on any atom is 0.0236 e. The minimum absolute atomic E-state index is 0.171. The van der Waals surface area contributed by atoms with E-state index in [1.165, 1.54) is 12.8 Å². The molecule has 1 nitrogen and oxygen atoms in total. The number of nitrogens with one attached hydrogen (secondary N) is 1. The summed E-state index contributed by atoms with van der Waals surface area (Å²) in [6, 6.07) is 0.171. The molecule has 0 aromatic rings.